The summed E-state index contributed by atoms with van der Waals surface area (Å²) < 4.78 is 49.0. The van der Waals surface area contributed by atoms with Crippen LogP contribution in [0.1, 0.15) is 11.3 Å². The molecule has 0 spiro atoms. The lowest BCUT2D eigenvalue weighted by atomic mass is 10.1. The second-order valence-electron chi connectivity index (χ2n) is 7.15. The van der Waals surface area contributed by atoms with Crippen molar-refractivity contribution >= 4 is 15.8 Å². The maximum absolute atomic E-state index is 13.5. The molecule has 164 valence electrons. The van der Waals surface area contributed by atoms with Gasteiger partial charge >= 0.3 is 5.97 Å². The molecule has 2 aromatic carbocycles. The summed E-state index contributed by atoms with van der Waals surface area (Å²) in [7, 11) is -1.88. The van der Waals surface area contributed by atoms with Crippen LogP contribution in [0, 0.1) is 12.7 Å². The predicted molar refractivity (Wildman–Crippen MR) is 116 cm³/mol. The minimum absolute atomic E-state index is 0.104. The number of aromatic nitrogens is 1. The van der Waals surface area contributed by atoms with Crippen molar-refractivity contribution in [2.45, 2.75) is 18.2 Å². The van der Waals surface area contributed by atoms with E-state index in [2.05, 4.69) is 0 Å². The van der Waals surface area contributed by atoms with Gasteiger partial charge in [0.2, 0.25) is 0 Å². The molecule has 31 heavy (non-hydrogen) atoms. The predicted octanol–water partition coefficient (Wildman–Crippen LogP) is 3.73. The van der Waals surface area contributed by atoms with Gasteiger partial charge in [0.25, 0.3) is 0 Å². The Morgan fingerprint density at radius 2 is 1.71 bits per heavy atom. The third-order valence-electron chi connectivity index (χ3n) is 4.91. The molecule has 0 unspecified atom stereocenters. The summed E-state index contributed by atoms with van der Waals surface area (Å²) in [5.74, 6) is -0.771. The van der Waals surface area contributed by atoms with Gasteiger partial charge in [-0.1, -0.05) is 12.1 Å². The molecule has 0 atom stereocenters. The molecular formula is C23H24FNO5S. The van der Waals surface area contributed by atoms with E-state index in [4.69, 9.17) is 9.47 Å². The Morgan fingerprint density at radius 1 is 1.06 bits per heavy atom. The van der Waals surface area contributed by atoms with Crippen LogP contribution >= 0.6 is 0 Å². The van der Waals surface area contributed by atoms with Crippen molar-refractivity contribution < 1.29 is 27.1 Å². The van der Waals surface area contributed by atoms with Crippen molar-refractivity contribution in [2.24, 2.45) is 0 Å². The molecule has 6 nitrogen and oxygen atoms in total. The number of hydrogen-bond donors (Lipinski definition) is 0. The molecule has 3 rings (SSSR count). The van der Waals surface area contributed by atoms with Crippen molar-refractivity contribution in [2.75, 3.05) is 26.6 Å². The van der Waals surface area contributed by atoms with Gasteiger partial charge in [-0.05, 0) is 60.5 Å². The number of carbonyl (C=O) groups is 1. The van der Waals surface area contributed by atoms with Crippen molar-refractivity contribution in [3.63, 3.8) is 0 Å². The Hall–Kier alpha value is -2.97. The molecule has 1 aromatic heterocycles. The zero-order chi connectivity index (χ0) is 22.6. The SMILES string of the molecule is COCC(=O)OCCc1cc(-c2ccc(S(C)(=O)=O)cc2)n(-c2ccc(F)cc2)c1C. The number of nitrogens with zero attached hydrogens (tertiary/aromatic N) is 1. The molecule has 0 amide bonds. The summed E-state index contributed by atoms with van der Waals surface area (Å²) >= 11 is 0. The second kappa shape index (κ2) is 9.45. The van der Waals surface area contributed by atoms with Crippen molar-refractivity contribution in [1.29, 1.82) is 0 Å². The maximum atomic E-state index is 13.5. The van der Waals surface area contributed by atoms with Crippen LogP contribution in [-0.2, 0) is 30.5 Å². The standard InChI is InChI=1S/C23H24FNO5S/c1-16-18(12-13-30-23(26)15-29-2)14-22(25(16)20-8-6-19(24)7-9-20)17-4-10-21(11-5-17)31(3,27)28/h4-11,14H,12-13,15H2,1-3H3. The largest absolute Gasteiger partial charge is 0.464 e. The van der Waals surface area contributed by atoms with Crippen LogP contribution in [0.3, 0.4) is 0 Å². The topological polar surface area (TPSA) is 74.6 Å². The molecule has 8 heteroatoms. The van der Waals surface area contributed by atoms with E-state index in [1.165, 1.54) is 19.2 Å². The number of carbonyl (C=O) groups excluding carboxylic acids is 1. The van der Waals surface area contributed by atoms with E-state index >= 15 is 0 Å². The molecule has 0 aliphatic heterocycles. The van der Waals surface area contributed by atoms with Gasteiger partial charge in [-0.3, -0.25) is 0 Å². The minimum atomic E-state index is -3.30. The fourth-order valence-corrected chi connectivity index (χ4v) is 3.98. The average molecular weight is 446 g/mol. The maximum Gasteiger partial charge on any atom is 0.332 e. The highest BCUT2D eigenvalue weighted by molar-refractivity contribution is 7.90. The van der Waals surface area contributed by atoms with Crippen LogP contribution in [-0.4, -0.2) is 45.5 Å². The smallest absolute Gasteiger partial charge is 0.332 e. The number of rotatable bonds is 8. The monoisotopic (exact) mass is 445 g/mol. The molecule has 0 N–H and O–H groups in total. The summed E-state index contributed by atoms with van der Waals surface area (Å²) in [4.78, 5) is 11.8. The highest BCUT2D eigenvalue weighted by atomic mass is 32.2. The first kappa shape index (κ1) is 22.7. The number of hydrogen-bond acceptors (Lipinski definition) is 5. The van der Waals surface area contributed by atoms with Crippen LogP contribution in [0.5, 0.6) is 0 Å². The molecule has 1 heterocycles. The normalized spacial score (nSPS) is 11.5. The van der Waals surface area contributed by atoms with E-state index in [-0.39, 0.29) is 23.9 Å². The Bertz CT molecular complexity index is 1170. The van der Waals surface area contributed by atoms with Gasteiger partial charge in [0.1, 0.15) is 12.4 Å². The van der Waals surface area contributed by atoms with E-state index < -0.39 is 15.8 Å². The van der Waals surface area contributed by atoms with E-state index in [9.17, 15) is 17.6 Å². The molecule has 3 aromatic rings. The van der Waals surface area contributed by atoms with Crippen LogP contribution in [0.15, 0.2) is 59.5 Å². The zero-order valence-electron chi connectivity index (χ0n) is 17.6. The van der Waals surface area contributed by atoms with Gasteiger partial charge in [-0.2, -0.15) is 0 Å². The van der Waals surface area contributed by atoms with Crippen LogP contribution in [0.4, 0.5) is 4.39 Å². The number of sulfone groups is 1. The molecule has 0 saturated carbocycles. The minimum Gasteiger partial charge on any atom is -0.464 e. The summed E-state index contributed by atoms with van der Waals surface area (Å²) in [5.41, 5.74) is 4.27. The van der Waals surface area contributed by atoms with Crippen LogP contribution in [0.25, 0.3) is 16.9 Å². The van der Waals surface area contributed by atoms with Gasteiger partial charge in [0.15, 0.2) is 9.84 Å². The van der Waals surface area contributed by atoms with Crippen LogP contribution in [0.2, 0.25) is 0 Å². The number of benzene rings is 2. The Morgan fingerprint density at radius 3 is 2.29 bits per heavy atom. The Balaban J connectivity index is 2.00. The first-order chi connectivity index (χ1) is 14.7. The first-order valence-electron chi connectivity index (χ1n) is 9.63. The fourth-order valence-electron chi connectivity index (χ4n) is 3.35. The first-order valence-corrected chi connectivity index (χ1v) is 11.5. The second-order valence-corrected chi connectivity index (χ2v) is 9.17. The Kier molecular flexibility index (Phi) is 6.92. The summed E-state index contributed by atoms with van der Waals surface area (Å²) in [5, 5.41) is 0. The number of esters is 1. The molecule has 0 aliphatic rings. The molecular weight excluding hydrogens is 421 g/mol. The average Bonchev–Trinajstić information content (AvgIpc) is 3.05. The lowest BCUT2D eigenvalue weighted by molar-refractivity contribution is -0.147. The molecule has 0 bridgehead atoms. The zero-order valence-corrected chi connectivity index (χ0v) is 18.4. The van der Waals surface area contributed by atoms with Crippen molar-refractivity contribution in [3.8, 4) is 16.9 Å². The van der Waals surface area contributed by atoms with E-state index in [0.717, 1.165) is 34.5 Å². The van der Waals surface area contributed by atoms with Crippen LogP contribution < -0.4 is 0 Å². The van der Waals surface area contributed by atoms with E-state index in [1.807, 2.05) is 17.6 Å². The van der Waals surface area contributed by atoms with Crippen molar-refractivity contribution in [1.82, 2.24) is 4.57 Å². The van der Waals surface area contributed by atoms with Gasteiger partial charge in [-0.25, -0.2) is 17.6 Å². The quantitative estimate of drug-likeness (QED) is 0.494. The Labute approximate surface area is 181 Å². The fraction of sp³-hybridized carbons (Fsp3) is 0.261. The van der Waals surface area contributed by atoms with E-state index in [1.54, 1.807) is 36.4 Å². The third-order valence-corrected chi connectivity index (χ3v) is 6.04. The summed E-state index contributed by atoms with van der Waals surface area (Å²) in [6.07, 6.45) is 1.65. The summed E-state index contributed by atoms with van der Waals surface area (Å²) in [6, 6.07) is 14.7. The molecule has 0 radical (unpaired) electrons. The highest BCUT2D eigenvalue weighted by Gasteiger charge is 2.16. The lowest BCUT2D eigenvalue weighted by Gasteiger charge is -2.13. The van der Waals surface area contributed by atoms with Gasteiger partial charge < -0.3 is 14.0 Å². The number of ether oxygens (including phenoxy) is 2. The van der Waals surface area contributed by atoms with Crippen molar-refractivity contribution in [3.05, 3.63) is 71.7 Å². The van der Waals surface area contributed by atoms with Gasteiger partial charge in [-0.15, -0.1) is 0 Å². The molecule has 0 fully saturated rings. The van der Waals surface area contributed by atoms with Gasteiger partial charge in [0.05, 0.1) is 17.2 Å². The highest BCUT2D eigenvalue weighted by Crippen LogP contribution is 2.30. The molecule has 0 saturated heterocycles. The third kappa shape index (κ3) is 5.39. The summed E-state index contributed by atoms with van der Waals surface area (Å²) in [6.45, 7) is 2.03. The van der Waals surface area contributed by atoms with Gasteiger partial charge in [0, 0.05) is 31.2 Å². The number of methoxy groups -OCH3 is 1. The molecule has 0 aliphatic carbocycles. The van der Waals surface area contributed by atoms with E-state index in [0.29, 0.717) is 6.42 Å². The lowest BCUT2D eigenvalue weighted by Crippen LogP contribution is -2.13. The number of halogens is 1.